The van der Waals surface area contributed by atoms with Gasteiger partial charge in [0.1, 0.15) is 5.78 Å². The molecule has 0 unspecified atom stereocenters. The van der Waals surface area contributed by atoms with Gasteiger partial charge in [0.05, 0.1) is 18.3 Å². The number of carbonyl (C=O) groups excluding carboxylic acids is 1. The number of hydrogen-bond acceptors (Lipinski definition) is 4. The zero-order chi connectivity index (χ0) is 18.1. The minimum atomic E-state index is -0.651. The maximum absolute atomic E-state index is 13.3. The van der Waals surface area contributed by atoms with Crippen LogP contribution in [0.4, 0.5) is 0 Å². The Bertz CT molecular complexity index is 560. The third-order valence-electron chi connectivity index (χ3n) is 9.13. The van der Waals surface area contributed by atoms with Gasteiger partial charge in [-0.15, -0.1) is 0 Å². The summed E-state index contributed by atoms with van der Waals surface area (Å²) in [5.74, 6) is 1.49. The zero-order valence-corrected chi connectivity index (χ0v) is 15.8. The van der Waals surface area contributed by atoms with Crippen molar-refractivity contribution >= 4 is 5.78 Å². The van der Waals surface area contributed by atoms with Crippen molar-refractivity contribution in [2.24, 2.45) is 40.4 Å². The fraction of sp³-hybridized carbons (Fsp3) is 0.952. The Morgan fingerprint density at radius 2 is 1.80 bits per heavy atom. The molecule has 4 aliphatic rings. The van der Waals surface area contributed by atoms with E-state index in [9.17, 15) is 20.1 Å². The van der Waals surface area contributed by atoms with Crippen LogP contribution >= 0.6 is 0 Å². The molecule has 4 aliphatic carbocycles. The van der Waals surface area contributed by atoms with E-state index >= 15 is 0 Å². The molecule has 4 heteroatoms. The molecule has 0 aliphatic heterocycles. The molecule has 10 atom stereocenters. The average molecular weight is 350 g/mol. The maximum atomic E-state index is 13.3. The normalized spacial score (nSPS) is 56.7. The highest BCUT2D eigenvalue weighted by molar-refractivity contribution is 5.87. The molecule has 4 saturated carbocycles. The van der Waals surface area contributed by atoms with Crippen LogP contribution in [0.2, 0.25) is 0 Å². The van der Waals surface area contributed by atoms with E-state index in [0.29, 0.717) is 30.6 Å². The SMILES string of the molecule is C[C@H](O)[C@H]1[C@@H](O)C[C@H]2[C@H]3CC[C@H]4C[C@@H](O)CC[C@]4(C)[C@@H]3CC(=O)[C@]12C. The lowest BCUT2D eigenvalue weighted by molar-refractivity contribution is -0.163. The molecular formula is C21H34O4. The van der Waals surface area contributed by atoms with E-state index in [0.717, 1.165) is 32.1 Å². The largest absolute Gasteiger partial charge is 0.393 e. The van der Waals surface area contributed by atoms with E-state index in [1.165, 1.54) is 0 Å². The minimum absolute atomic E-state index is 0.146. The molecule has 0 aromatic rings. The van der Waals surface area contributed by atoms with E-state index in [-0.39, 0.29) is 29.1 Å². The quantitative estimate of drug-likeness (QED) is 0.679. The van der Waals surface area contributed by atoms with Crippen molar-refractivity contribution in [3.63, 3.8) is 0 Å². The average Bonchev–Trinajstić information content (AvgIpc) is 2.81. The van der Waals surface area contributed by atoms with E-state index in [4.69, 9.17) is 0 Å². The third kappa shape index (κ3) is 2.33. The highest BCUT2D eigenvalue weighted by Crippen LogP contribution is 2.66. The zero-order valence-electron chi connectivity index (χ0n) is 15.8. The summed E-state index contributed by atoms with van der Waals surface area (Å²) < 4.78 is 0. The second-order valence-electron chi connectivity index (χ2n) is 10.1. The van der Waals surface area contributed by atoms with Gasteiger partial charge in [0.25, 0.3) is 0 Å². The summed E-state index contributed by atoms with van der Waals surface area (Å²) in [7, 11) is 0. The smallest absolute Gasteiger partial charge is 0.139 e. The topological polar surface area (TPSA) is 77.8 Å². The molecule has 0 aromatic carbocycles. The van der Waals surface area contributed by atoms with Crippen molar-refractivity contribution in [1.29, 1.82) is 0 Å². The van der Waals surface area contributed by atoms with Crippen LogP contribution in [0.15, 0.2) is 0 Å². The van der Waals surface area contributed by atoms with Crippen LogP contribution in [0.25, 0.3) is 0 Å². The highest BCUT2D eigenvalue weighted by Gasteiger charge is 2.66. The maximum Gasteiger partial charge on any atom is 0.139 e. The van der Waals surface area contributed by atoms with Gasteiger partial charge < -0.3 is 15.3 Å². The number of carbonyl (C=O) groups is 1. The summed E-state index contributed by atoms with van der Waals surface area (Å²) in [6.45, 7) is 6.10. The van der Waals surface area contributed by atoms with Crippen LogP contribution in [0.3, 0.4) is 0 Å². The lowest BCUT2D eigenvalue weighted by atomic mass is 9.44. The summed E-state index contributed by atoms with van der Waals surface area (Å²) in [5, 5.41) is 31.0. The number of rotatable bonds is 1. The molecule has 4 fully saturated rings. The number of Topliss-reactive ketones (excluding diaryl/α,β-unsaturated/α-hetero) is 1. The molecule has 142 valence electrons. The predicted octanol–water partition coefficient (Wildman–Crippen LogP) is 2.54. The lowest BCUT2D eigenvalue weighted by Gasteiger charge is -2.60. The summed E-state index contributed by atoms with van der Waals surface area (Å²) in [6.07, 6.45) is 4.83. The number of hydrogen-bond donors (Lipinski definition) is 3. The number of ketones is 1. The van der Waals surface area contributed by atoms with Gasteiger partial charge in [-0.25, -0.2) is 0 Å². The van der Waals surface area contributed by atoms with E-state index in [2.05, 4.69) is 6.92 Å². The molecule has 25 heavy (non-hydrogen) atoms. The van der Waals surface area contributed by atoms with Gasteiger partial charge in [0, 0.05) is 17.8 Å². The summed E-state index contributed by atoms with van der Waals surface area (Å²) in [4.78, 5) is 13.3. The van der Waals surface area contributed by atoms with Gasteiger partial charge in [-0.1, -0.05) is 13.8 Å². The van der Waals surface area contributed by atoms with Crippen LogP contribution in [-0.4, -0.2) is 39.4 Å². The summed E-state index contributed by atoms with van der Waals surface area (Å²) in [6, 6.07) is 0. The van der Waals surface area contributed by atoms with Gasteiger partial charge in [0.15, 0.2) is 0 Å². The standard InChI is InChI=1S/C21H34O4/c1-11(22)19-17(24)9-16-14-5-4-12-8-13(23)6-7-20(12,2)15(14)10-18(25)21(16,19)3/h11-17,19,22-24H,4-10H2,1-3H3/t11-,12-,13-,14-,15+,16-,17-,19-,20-,21+/m0/s1. The fourth-order valence-electron chi connectivity index (χ4n) is 7.84. The van der Waals surface area contributed by atoms with Crippen LogP contribution in [0.5, 0.6) is 0 Å². The Labute approximate surface area is 151 Å². The highest BCUT2D eigenvalue weighted by atomic mass is 16.3. The van der Waals surface area contributed by atoms with Gasteiger partial charge in [-0.05, 0) is 74.5 Å². The molecule has 4 rings (SSSR count). The van der Waals surface area contributed by atoms with Crippen molar-refractivity contribution in [2.45, 2.75) is 84.0 Å². The van der Waals surface area contributed by atoms with Crippen molar-refractivity contribution in [3.8, 4) is 0 Å². The molecule has 0 spiro atoms. The molecule has 0 saturated heterocycles. The van der Waals surface area contributed by atoms with E-state index < -0.39 is 17.6 Å². The first kappa shape index (κ1) is 17.9. The molecule has 0 heterocycles. The van der Waals surface area contributed by atoms with E-state index in [1.54, 1.807) is 6.92 Å². The second kappa shape index (κ2) is 5.77. The van der Waals surface area contributed by atoms with E-state index in [1.807, 2.05) is 6.92 Å². The molecule has 0 radical (unpaired) electrons. The minimum Gasteiger partial charge on any atom is -0.393 e. The molecule has 3 N–H and O–H groups in total. The molecule has 4 nitrogen and oxygen atoms in total. The van der Waals surface area contributed by atoms with Crippen molar-refractivity contribution in [2.75, 3.05) is 0 Å². The monoisotopic (exact) mass is 350 g/mol. The number of aliphatic hydroxyl groups is 3. The first-order chi connectivity index (χ1) is 11.7. The number of aliphatic hydroxyl groups excluding tert-OH is 3. The van der Waals surface area contributed by atoms with Gasteiger partial charge in [-0.3, -0.25) is 4.79 Å². The molecule has 0 aromatic heterocycles. The van der Waals surface area contributed by atoms with Crippen molar-refractivity contribution < 1.29 is 20.1 Å². The summed E-state index contributed by atoms with van der Waals surface area (Å²) >= 11 is 0. The first-order valence-corrected chi connectivity index (χ1v) is 10.3. The first-order valence-electron chi connectivity index (χ1n) is 10.3. The Hall–Kier alpha value is -0.450. The lowest BCUT2D eigenvalue weighted by Crippen LogP contribution is -2.58. The fourth-order valence-corrected chi connectivity index (χ4v) is 7.84. The number of fused-ring (bicyclic) bond motifs is 5. The van der Waals surface area contributed by atoms with Gasteiger partial charge in [-0.2, -0.15) is 0 Å². The Kier molecular flexibility index (Phi) is 4.14. The van der Waals surface area contributed by atoms with Gasteiger partial charge in [0.2, 0.25) is 0 Å². The van der Waals surface area contributed by atoms with Crippen LogP contribution in [-0.2, 0) is 4.79 Å². The molecular weight excluding hydrogens is 316 g/mol. The Morgan fingerprint density at radius 3 is 2.48 bits per heavy atom. The predicted molar refractivity (Wildman–Crippen MR) is 94.7 cm³/mol. The Balaban J connectivity index is 1.69. The van der Waals surface area contributed by atoms with Gasteiger partial charge >= 0.3 is 0 Å². The third-order valence-corrected chi connectivity index (χ3v) is 9.13. The van der Waals surface area contributed by atoms with Crippen molar-refractivity contribution in [1.82, 2.24) is 0 Å². The summed E-state index contributed by atoms with van der Waals surface area (Å²) in [5.41, 5.74) is -0.431. The second-order valence-corrected chi connectivity index (χ2v) is 10.1. The van der Waals surface area contributed by atoms with Crippen LogP contribution < -0.4 is 0 Å². The molecule has 0 bridgehead atoms. The van der Waals surface area contributed by atoms with Crippen LogP contribution in [0, 0.1) is 40.4 Å². The Morgan fingerprint density at radius 1 is 1.08 bits per heavy atom. The van der Waals surface area contributed by atoms with Crippen molar-refractivity contribution in [3.05, 3.63) is 0 Å². The van der Waals surface area contributed by atoms with Crippen LogP contribution in [0.1, 0.15) is 65.7 Å². The molecule has 0 amide bonds.